The van der Waals surface area contributed by atoms with E-state index in [2.05, 4.69) is 33.4 Å². The van der Waals surface area contributed by atoms with Crippen LogP contribution in [0.2, 0.25) is 0 Å². The molecule has 0 aromatic carbocycles. The van der Waals surface area contributed by atoms with E-state index in [1.54, 1.807) is 52.0 Å². The zero-order chi connectivity index (χ0) is 33.3. The molecule has 2 amide bonds. The molecule has 0 radical (unpaired) electrons. The Kier molecular flexibility index (Phi) is 9.27. The number of allylic oxidation sites excluding steroid dienone is 3. The number of aromatic nitrogens is 2. The average Bonchev–Trinajstić information content (AvgIpc) is 3.62. The van der Waals surface area contributed by atoms with E-state index in [0.717, 1.165) is 22.3 Å². The van der Waals surface area contributed by atoms with E-state index < -0.39 is 23.8 Å². The number of aromatic amines is 2. The third-order valence-corrected chi connectivity index (χ3v) is 8.54. The van der Waals surface area contributed by atoms with Gasteiger partial charge in [0.05, 0.1) is 23.2 Å². The Morgan fingerprint density at radius 2 is 1.38 bits per heavy atom. The van der Waals surface area contributed by atoms with Crippen LogP contribution in [0.5, 0.6) is 0 Å². The van der Waals surface area contributed by atoms with Gasteiger partial charge in [0.15, 0.2) is 0 Å². The maximum atomic E-state index is 12.3. The molecule has 2 aromatic rings. The first-order valence-electron chi connectivity index (χ1n) is 14.6. The standard InChI is InChI=1S/C35H38N4O6/c1-9-22-20(7)32(40)38-28(22)13-26-18(5)24(11-16(3)34(42)43)30(36-26)15-31-25(12-17(4)35(44)45)19(6)27(37-31)14-29-23(10-2)21(8)33(41)39-29/h9-10,13-17,36-37H,1-2,11-12H2,3-8H3,(H,38,40)(H,42,43)(H,44,45)/b27-14?,28-13-,31-15+/t16-,17+/m1/s1. The van der Waals surface area contributed by atoms with Crippen LogP contribution in [-0.4, -0.2) is 49.6 Å². The number of nitrogens with zero attached hydrogens (tertiary/aromatic N) is 1. The van der Waals surface area contributed by atoms with Gasteiger partial charge in [-0.1, -0.05) is 39.2 Å². The van der Waals surface area contributed by atoms with Crippen LogP contribution in [0, 0.1) is 25.7 Å². The average molecular weight is 611 g/mol. The highest BCUT2D eigenvalue weighted by molar-refractivity contribution is 6.32. The minimum atomic E-state index is -0.939. The van der Waals surface area contributed by atoms with Gasteiger partial charge in [-0.2, -0.15) is 0 Å². The van der Waals surface area contributed by atoms with Crippen molar-refractivity contribution in [1.29, 1.82) is 0 Å². The molecule has 0 saturated carbocycles. The van der Waals surface area contributed by atoms with Crippen molar-refractivity contribution in [2.24, 2.45) is 16.8 Å². The lowest BCUT2D eigenvalue weighted by Gasteiger charge is -2.08. The van der Waals surface area contributed by atoms with E-state index in [1.807, 2.05) is 19.9 Å². The normalized spacial score (nSPS) is 18.2. The first kappa shape index (κ1) is 32.7. The molecular formula is C35H38N4O6. The van der Waals surface area contributed by atoms with Crippen LogP contribution in [0.4, 0.5) is 0 Å². The molecule has 0 aliphatic carbocycles. The zero-order valence-corrected chi connectivity index (χ0v) is 26.3. The van der Waals surface area contributed by atoms with Crippen molar-refractivity contribution in [2.45, 2.75) is 54.4 Å². The molecule has 234 valence electrons. The number of rotatable bonds is 11. The number of aliphatic carboxylic acids is 2. The Morgan fingerprint density at radius 3 is 1.96 bits per heavy atom. The van der Waals surface area contributed by atoms with Gasteiger partial charge < -0.3 is 25.5 Å². The molecule has 0 unspecified atom stereocenters. The highest BCUT2D eigenvalue weighted by Crippen LogP contribution is 2.28. The van der Waals surface area contributed by atoms with Crippen LogP contribution in [0.1, 0.15) is 61.3 Å². The van der Waals surface area contributed by atoms with Crippen molar-refractivity contribution in [3.05, 3.63) is 97.6 Å². The summed E-state index contributed by atoms with van der Waals surface area (Å²) in [6, 6.07) is 0. The number of carboxylic acids is 2. The molecule has 2 aliphatic rings. The predicted molar refractivity (Wildman–Crippen MR) is 174 cm³/mol. The number of H-pyrrole nitrogens is 2. The fourth-order valence-electron chi connectivity index (χ4n) is 5.54. The highest BCUT2D eigenvalue weighted by Gasteiger charge is 2.25. The van der Waals surface area contributed by atoms with E-state index in [0.29, 0.717) is 55.8 Å². The van der Waals surface area contributed by atoms with Crippen molar-refractivity contribution in [1.82, 2.24) is 15.3 Å². The molecule has 5 N–H and O–H groups in total. The van der Waals surface area contributed by atoms with Crippen molar-refractivity contribution in [2.75, 3.05) is 0 Å². The van der Waals surface area contributed by atoms with Gasteiger partial charge in [-0.05, 0) is 81.0 Å². The summed E-state index contributed by atoms with van der Waals surface area (Å²) in [7, 11) is 0. The second kappa shape index (κ2) is 12.8. The maximum absolute atomic E-state index is 12.3. The Morgan fingerprint density at radius 1 is 0.778 bits per heavy atom. The summed E-state index contributed by atoms with van der Waals surface area (Å²) in [5.41, 5.74) is 7.88. The van der Waals surface area contributed by atoms with Gasteiger partial charge in [0.1, 0.15) is 0 Å². The zero-order valence-electron chi connectivity index (χ0n) is 26.3. The third-order valence-electron chi connectivity index (χ3n) is 8.54. The van der Waals surface area contributed by atoms with Crippen molar-refractivity contribution in [3.63, 3.8) is 0 Å². The molecule has 4 rings (SSSR count). The van der Waals surface area contributed by atoms with Gasteiger partial charge in [-0.15, -0.1) is 0 Å². The summed E-state index contributed by atoms with van der Waals surface area (Å²) in [5, 5.41) is 23.6. The minimum Gasteiger partial charge on any atom is -0.481 e. The Labute approximate surface area is 261 Å². The molecule has 0 spiro atoms. The molecule has 45 heavy (non-hydrogen) atoms. The Balaban J connectivity index is 1.97. The molecule has 4 heterocycles. The van der Waals surface area contributed by atoms with Crippen LogP contribution in [0.25, 0.3) is 18.2 Å². The fourth-order valence-corrected chi connectivity index (χ4v) is 5.54. The Hall–Kier alpha value is -5.25. The second-order valence-electron chi connectivity index (χ2n) is 11.6. The lowest BCUT2D eigenvalue weighted by atomic mass is 9.96. The molecule has 0 bridgehead atoms. The summed E-state index contributed by atoms with van der Waals surface area (Å²) < 4.78 is 0. The molecular weight excluding hydrogens is 572 g/mol. The molecule has 10 heteroatoms. The molecule has 2 aliphatic heterocycles. The molecule has 2 atom stereocenters. The van der Waals surface area contributed by atoms with Crippen LogP contribution in [0.3, 0.4) is 0 Å². The summed E-state index contributed by atoms with van der Waals surface area (Å²) >= 11 is 0. The number of carboxylic acid groups (broad SMARTS) is 2. The van der Waals surface area contributed by atoms with Gasteiger partial charge >= 0.3 is 11.9 Å². The number of aliphatic imine (C=N–C) groups is 1. The minimum absolute atomic E-state index is 0.215. The predicted octanol–water partition coefficient (Wildman–Crippen LogP) is 3.55. The van der Waals surface area contributed by atoms with Gasteiger partial charge in [-0.3, -0.25) is 19.2 Å². The lowest BCUT2D eigenvalue weighted by molar-refractivity contribution is -0.142. The summed E-state index contributed by atoms with van der Waals surface area (Å²) in [6.45, 7) is 18.1. The summed E-state index contributed by atoms with van der Waals surface area (Å²) in [4.78, 5) is 59.3. The van der Waals surface area contributed by atoms with E-state index in [-0.39, 0.29) is 24.7 Å². The van der Waals surface area contributed by atoms with Gasteiger partial charge in [0, 0.05) is 44.4 Å². The fraction of sp³-hybridized carbons (Fsp3) is 0.286. The van der Waals surface area contributed by atoms with Crippen LogP contribution < -0.4 is 16.0 Å². The topological polar surface area (TPSA) is 165 Å². The quantitative estimate of drug-likeness (QED) is 0.261. The number of nitrogens with one attached hydrogen (secondary N) is 3. The Bertz CT molecular complexity index is 1920. The molecule has 2 aromatic heterocycles. The number of hydrogen-bond acceptors (Lipinski definition) is 4. The van der Waals surface area contributed by atoms with Crippen molar-refractivity contribution < 1.29 is 29.4 Å². The SMILES string of the molecule is C=CC1=C(C)C(=O)N=C1C=c1[nH]/c(=C/c2[nH]c(/C=C3\NC(=O)C(C)=C3C=C)c(C)c2C[C@@H](C)C(=O)O)c(C[C@H](C)C(=O)O)c1C. The van der Waals surface area contributed by atoms with E-state index in [9.17, 15) is 29.4 Å². The van der Waals surface area contributed by atoms with E-state index in [4.69, 9.17) is 0 Å². The van der Waals surface area contributed by atoms with Crippen LogP contribution >= 0.6 is 0 Å². The van der Waals surface area contributed by atoms with E-state index in [1.165, 1.54) is 0 Å². The van der Waals surface area contributed by atoms with Gasteiger partial charge in [0.2, 0.25) is 0 Å². The largest absolute Gasteiger partial charge is 0.481 e. The van der Waals surface area contributed by atoms with Gasteiger partial charge in [0.25, 0.3) is 11.8 Å². The number of amides is 2. The number of hydrogen-bond donors (Lipinski definition) is 5. The lowest BCUT2D eigenvalue weighted by Crippen LogP contribution is -2.19. The first-order valence-corrected chi connectivity index (χ1v) is 14.6. The third kappa shape index (κ3) is 6.35. The summed E-state index contributed by atoms with van der Waals surface area (Å²) in [5.74, 6) is -3.80. The van der Waals surface area contributed by atoms with E-state index >= 15 is 0 Å². The monoisotopic (exact) mass is 610 g/mol. The van der Waals surface area contributed by atoms with Crippen LogP contribution in [0.15, 0.2) is 58.3 Å². The summed E-state index contributed by atoms with van der Waals surface area (Å²) in [6.07, 6.45) is 9.07. The van der Waals surface area contributed by atoms with Gasteiger partial charge in [-0.25, -0.2) is 4.99 Å². The second-order valence-corrected chi connectivity index (χ2v) is 11.6. The molecule has 0 saturated heterocycles. The molecule has 0 fully saturated rings. The highest BCUT2D eigenvalue weighted by atomic mass is 16.4. The first-order chi connectivity index (χ1) is 21.2. The van der Waals surface area contributed by atoms with Crippen molar-refractivity contribution in [3.8, 4) is 0 Å². The number of carbonyl (C=O) groups excluding carboxylic acids is 2. The molecule has 10 nitrogen and oxygen atoms in total. The maximum Gasteiger partial charge on any atom is 0.306 e. The number of carbonyl (C=O) groups is 4. The smallest absolute Gasteiger partial charge is 0.306 e. The van der Waals surface area contributed by atoms with Crippen molar-refractivity contribution >= 4 is 47.7 Å². The van der Waals surface area contributed by atoms with Crippen LogP contribution in [-0.2, 0) is 32.0 Å².